The molecule has 0 saturated heterocycles. The summed E-state index contributed by atoms with van der Waals surface area (Å²) in [6, 6.07) is 12.8. The molecule has 1 N–H and O–H groups in total. The number of benzene rings is 2. The maximum absolute atomic E-state index is 12.7. The molecule has 0 spiro atoms. The highest BCUT2D eigenvalue weighted by atomic mass is 35.5. The first kappa shape index (κ1) is 21.5. The molecule has 12 heteroatoms. The van der Waals surface area contributed by atoms with Crippen molar-refractivity contribution in [2.45, 2.75) is 6.54 Å². The number of aromatic nitrogens is 2. The number of hydrogen-bond acceptors (Lipinski definition) is 5. The fourth-order valence-corrected chi connectivity index (χ4v) is 3.88. The smallest absolute Gasteiger partial charge is 0.326 e. The molecular weight excluding hydrogens is 460 g/mol. The minimum atomic E-state index is -4.09. The van der Waals surface area contributed by atoms with Gasteiger partial charge in [0.05, 0.1) is 13.2 Å². The number of amides is 1. The number of halogens is 2. The van der Waals surface area contributed by atoms with Crippen molar-refractivity contribution in [3.8, 4) is 0 Å². The summed E-state index contributed by atoms with van der Waals surface area (Å²) in [5.41, 5.74) is 0.239. The van der Waals surface area contributed by atoms with Gasteiger partial charge in [0.2, 0.25) is 4.80 Å². The van der Waals surface area contributed by atoms with E-state index < -0.39 is 19.2 Å². The molecule has 1 heterocycles. The molecule has 0 fully saturated rings. The Labute approximate surface area is 178 Å². The van der Waals surface area contributed by atoms with Gasteiger partial charge in [-0.05, 0) is 53.5 Å². The van der Waals surface area contributed by atoms with E-state index in [1.807, 2.05) is 0 Å². The summed E-state index contributed by atoms with van der Waals surface area (Å²) in [6.07, 6.45) is 0. The number of hydrogen-bond donors (Lipinski definition) is 1. The van der Waals surface area contributed by atoms with E-state index in [4.69, 9.17) is 27.8 Å². The van der Waals surface area contributed by atoms with Gasteiger partial charge in [0.15, 0.2) is 0 Å². The van der Waals surface area contributed by atoms with Gasteiger partial charge in [-0.3, -0.25) is 4.79 Å². The highest BCUT2D eigenvalue weighted by Crippen LogP contribution is 2.31. The molecule has 29 heavy (non-hydrogen) atoms. The molecule has 0 aliphatic rings. The lowest BCUT2D eigenvalue weighted by molar-refractivity contribution is 0.0993. The van der Waals surface area contributed by atoms with Crippen LogP contribution in [-0.4, -0.2) is 26.2 Å². The van der Waals surface area contributed by atoms with Crippen LogP contribution < -0.4 is 15.1 Å². The molecule has 0 aliphatic heterocycles. The first-order valence-electron chi connectivity index (χ1n) is 8.05. The molecule has 3 rings (SSSR count). The zero-order valence-electron chi connectivity index (χ0n) is 14.9. The van der Waals surface area contributed by atoms with E-state index in [-0.39, 0.29) is 16.9 Å². The molecule has 1 atom stereocenters. The molecule has 1 aromatic heterocycles. The van der Waals surface area contributed by atoms with E-state index in [0.717, 1.165) is 23.8 Å². The SMILES string of the molecule is CP(=O)(O)On1c(=NC(=O)c2ccc(Cl)cc2)sn(Cc2ccc(Cl)cc2)c1=O. The number of carbonyl (C=O) groups excluding carboxylic acids is 1. The Balaban J connectivity index is 2.05. The van der Waals surface area contributed by atoms with Gasteiger partial charge in [-0.2, -0.15) is 4.99 Å². The Morgan fingerprint density at radius 1 is 1.14 bits per heavy atom. The van der Waals surface area contributed by atoms with Crippen molar-refractivity contribution in [3.05, 3.63) is 85.0 Å². The van der Waals surface area contributed by atoms with E-state index >= 15 is 0 Å². The number of nitrogens with zero attached hydrogens (tertiary/aromatic N) is 3. The van der Waals surface area contributed by atoms with Gasteiger partial charge in [0.25, 0.3) is 5.91 Å². The fraction of sp³-hybridized carbons (Fsp3) is 0.118. The van der Waals surface area contributed by atoms with Crippen molar-refractivity contribution in [3.63, 3.8) is 0 Å². The molecule has 1 unspecified atom stereocenters. The van der Waals surface area contributed by atoms with Crippen LogP contribution in [0.2, 0.25) is 10.0 Å². The standard InChI is InChI=1S/C17H14Cl2N3O5PS/c1-28(25,26)27-22-16(20-15(23)12-4-8-14(19)9-5-12)29-21(17(22)24)10-11-2-6-13(18)7-3-11/h2-9H,10H2,1H3,(H,25,26). The van der Waals surface area contributed by atoms with Crippen LogP contribution in [0.1, 0.15) is 15.9 Å². The average Bonchev–Trinajstić information content (AvgIpc) is 2.91. The maximum atomic E-state index is 12.7. The minimum absolute atomic E-state index is 0.133. The summed E-state index contributed by atoms with van der Waals surface area (Å²) in [4.78, 5) is 38.3. The van der Waals surface area contributed by atoms with Gasteiger partial charge in [0, 0.05) is 15.6 Å². The van der Waals surface area contributed by atoms with Gasteiger partial charge in [-0.15, -0.1) is 0 Å². The third kappa shape index (κ3) is 5.68. The molecule has 2 aromatic carbocycles. The van der Waals surface area contributed by atoms with Crippen molar-refractivity contribution in [2.75, 3.05) is 6.66 Å². The zero-order valence-corrected chi connectivity index (χ0v) is 18.1. The lowest BCUT2D eigenvalue weighted by atomic mass is 10.2. The molecule has 0 saturated carbocycles. The van der Waals surface area contributed by atoms with E-state index in [0.29, 0.717) is 14.8 Å². The molecule has 0 radical (unpaired) electrons. The highest BCUT2D eigenvalue weighted by Gasteiger charge is 2.19. The molecule has 1 amide bonds. The summed E-state index contributed by atoms with van der Waals surface area (Å²) in [6.45, 7) is 1.06. The van der Waals surface area contributed by atoms with E-state index in [1.54, 1.807) is 24.3 Å². The predicted molar refractivity (Wildman–Crippen MR) is 111 cm³/mol. The van der Waals surface area contributed by atoms with Gasteiger partial charge >= 0.3 is 13.3 Å². The van der Waals surface area contributed by atoms with Gasteiger partial charge in [-0.1, -0.05) is 40.1 Å². The van der Waals surface area contributed by atoms with Crippen molar-refractivity contribution in [1.82, 2.24) is 8.69 Å². The van der Waals surface area contributed by atoms with Crippen LogP contribution in [0.15, 0.2) is 58.3 Å². The molecule has 152 valence electrons. The molecule has 0 bridgehead atoms. The summed E-state index contributed by atoms with van der Waals surface area (Å²) in [7, 11) is -4.09. The van der Waals surface area contributed by atoms with Crippen LogP contribution in [-0.2, 0) is 11.1 Å². The first-order valence-corrected chi connectivity index (χ1v) is 11.6. The van der Waals surface area contributed by atoms with Crippen molar-refractivity contribution in [1.29, 1.82) is 0 Å². The van der Waals surface area contributed by atoms with Gasteiger partial charge < -0.3 is 9.52 Å². The normalized spacial score (nSPS) is 13.9. The Hall–Kier alpha value is -2.16. The van der Waals surface area contributed by atoms with E-state index in [9.17, 15) is 19.0 Å². The summed E-state index contributed by atoms with van der Waals surface area (Å²) < 4.78 is 18.4. The summed E-state index contributed by atoms with van der Waals surface area (Å²) in [5, 5.41) is 0.994. The quantitative estimate of drug-likeness (QED) is 0.573. The minimum Gasteiger partial charge on any atom is -0.326 e. The van der Waals surface area contributed by atoms with Gasteiger partial charge in [0.1, 0.15) is 0 Å². The second-order valence-electron chi connectivity index (χ2n) is 5.92. The zero-order chi connectivity index (χ0) is 21.2. The monoisotopic (exact) mass is 473 g/mol. The largest absolute Gasteiger partial charge is 0.392 e. The van der Waals surface area contributed by atoms with Crippen LogP contribution >= 0.6 is 42.3 Å². The second-order valence-corrected chi connectivity index (χ2v) is 9.55. The molecule has 8 nitrogen and oxygen atoms in total. The third-order valence-electron chi connectivity index (χ3n) is 3.51. The van der Waals surface area contributed by atoms with Crippen molar-refractivity contribution in [2.24, 2.45) is 4.99 Å². The second kappa shape index (κ2) is 8.69. The summed E-state index contributed by atoms with van der Waals surface area (Å²) >= 11 is 12.5. The van der Waals surface area contributed by atoms with Crippen LogP contribution in [0.3, 0.4) is 0 Å². The lowest BCUT2D eigenvalue weighted by Gasteiger charge is -2.06. The van der Waals surface area contributed by atoms with Crippen LogP contribution in [0.5, 0.6) is 0 Å². The van der Waals surface area contributed by atoms with Crippen LogP contribution in [0, 0.1) is 0 Å². The Bertz CT molecular complexity index is 1210. The predicted octanol–water partition coefficient (Wildman–Crippen LogP) is 3.05. The van der Waals surface area contributed by atoms with E-state index in [2.05, 4.69) is 4.99 Å². The number of carbonyl (C=O) groups is 1. The third-order valence-corrected chi connectivity index (χ3v) is 5.41. The first-order chi connectivity index (χ1) is 13.6. The van der Waals surface area contributed by atoms with Crippen LogP contribution in [0.4, 0.5) is 0 Å². The van der Waals surface area contributed by atoms with E-state index in [1.165, 1.54) is 28.2 Å². The molecule has 3 aromatic rings. The Kier molecular flexibility index (Phi) is 6.45. The Morgan fingerprint density at radius 2 is 1.69 bits per heavy atom. The maximum Gasteiger partial charge on any atom is 0.392 e. The average molecular weight is 474 g/mol. The van der Waals surface area contributed by atoms with Crippen molar-refractivity contribution < 1.29 is 18.9 Å². The van der Waals surface area contributed by atoms with Crippen molar-refractivity contribution >= 4 is 48.2 Å². The highest BCUT2D eigenvalue weighted by molar-refractivity contribution is 7.52. The van der Waals surface area contributed by atoms with Gasteiger partial charge in [-0.25, -0.2) is 13.3 Å². The summed E-state index contributed by atoms with van der Waals surface area (Å²) in [5.74, 6) is -0.664. The van der Waals surface area contributed by atoms with Crippen LogP contribution in [0.25, 0.3) is 0 Å². The molecule has 0 aliphatic carbocycles. The topological polar surface area (TPSA) is 103 Å². The fourth-order valence-electron chi connectivity index (χ4n) is 2.24. The lowest BCUT2D eigenvalue weighted by Crippen LogP contribution is -2.34. The Morgan fingerprint density at radius 3 is 2.24 bits per heavy atom. The number of rotatable bonds is 5. The molecular formula is C17H14Cl2N3O5PS.